The van der Waals surface area contributed by atoms with Crippen LogP contribution in [0.1, 0.15) is 45.2 Å². The van der Waals surface area contributed by atoms with Crippen LogP contribution in [0, 0.1) is 0 Å². The molecule has 0 aromatic heterocycles. The van der Waals surface area contributed by atoms with Crippen LogP contribution in [0.5, 0.6) is 0 Å². The Labute approximate surface area is 128 Å². The van der Waals surface area contributed by atoms with E-state index in [2.05, 4.69) is 48.5 Å². The molecule has 0 heterocycles. The minimum atomic E-state index is 1.21. The van der Waals surface area contributed by atoms with Crippen molar-refractivity contribution in [1.29, 1.82) is 0 Å². The summed E-state index contributed by atoms with van der Waals surface area (Å²) >= 11 is 0. The van der Waals surface area contributed by atoms with Gasteiger partial charge in [-0.2, -0.15) is 0 Å². The van der Waals surface area contributed by atoms with Crippen molar-refractivity contribution in [3.63, 3.8) is 0 Å². The second kappa shape index (κ2) is 7.26. The van der Waals surface area contributed by atoms with Gasteiger partial charge in [-0.15, -0.1) is 0 Å². The van der Waals surface area contributed by atoms with Gasteiger partial charge in [-0.25, -0.2) is 0 Å². The lowest BCUT2D eigenvalue weighted by Gasteiger charge is -2.09. The molecule has 21 heavy (non-hydrogen) atoms. The average molecular weight is 278 g/mol. The van der Waals surface area contributed by atoms with E-state index >= 15 is 0 Å². The van der Waals surface area contributed by atoms with Crippen LogP contribution in [0.25, 0.3) is 21.5 Å². The Morgan fingerprint density at radius 3 is 1.43 bits per heavy atom. The molecule has 0 amide bonds. The largest absolute Gasteiger partial charge is 0.0683 e. The molecule has 3 aromatic carbocycles. The molecule has 0 radical (unpaired) electrons. The number of aryl methyl sites for hydroxylation is 2. The highest BCUT2D eigenvalue weighted by atomic mass is 14.2. The van der Waals surface area contributed by atoms with Gasteiger partial charge in [0.05, 0.1) is 0 Å². The highest BCUT2D eigenvalue weighted by Crippen LogP contribution is 2.34. The molecule has 0 aliphatic heterocycles. The van der Waals surface area contributed by atoms with Crippen molar-refractivity contribution < 1.29 is 0 Å². The summed E-state index contributed by atoms with van der Waals surface area (Å²) in [6, 6.07) is 18.0. The van der Waals surface area contributed by atoms with Crippen LogP contribution in [-0.2, 0) is 12.8 Å². The fraction of sp³-hybridized carbons (Fsp3) is 0.333. The second-order valence-electron chi connectivity index (χ2n) is 4.95. The maximum atomic E-state index is 2.30. The zero-order chi connectivity index (χ0) is 15.2. The van der Waals surface area contributed by atoms with Gasteiger partial charge in [0.15, 0.2) is 0 Å². The van der Waals surface area contributed by atoms with E-state index in [0.717, 1.165) is 0 Å². The van der Waals surface area contributed by atoms with Gasteiger partial charge in [0.25, 0.3) is 0 Å². The van der Waals surface area contributed by atoms with Gasteiger partial charge >= 0.3 is 0 Å². The monoisotopic (exact) mass is 278 g/mol. The Morgan fingerprint density at radius 1 is 0.571 bits per heavy atom. The van der Waals surface area contributed by atoms with Crippen molar-refractivity contribution >= 4 is 21.5 Å². The van der Waals surface area contributed by atoms with Gasteiger partial charge in [-0.1, -0.05) is 76.2 Å². The van der Waals surface area contributed by atoms with Crippen molar-refractivity contribution in [1.82, 2.24) is 0 Å². The van der Waals surface area contributed by atoms with Gasteiger partial charge in [0.2, 0.25) is 0 Å². The maximum absolute atomic E-state index is 2.30. The van der Waals surface area contributed by atoms with E-state index in [4.69, 9.17) is 0 Å². The van der Waals surface area contributed by atoms with Crippen LogP contribution in [0.4, 0.5) is 0 Å². The lowest BCUT2D eigenvalue weighted by Crippen LogP contribution is -1.85. The molecule has 0 bridgehead atoms. The Kier molecular flexibility index (Phi) is 5.38. The first-order valence-corrected chi connectivity index (χ1v) is 8.36. The molecule has 1 aliphatic rings. The zero-order valence-electron chi connectivity index (χ0n) is 13.7. The van der Waals surface area contributed by atoms with Crippen molar-refractivity contribution in [2.45, 2.75) is 47.0 Å². The summed E-state index contributed by atoms with van der Waals surface area (Å²) in [4.78, 5) is 0. The molecule has 0 unspecified atom stereocenters. The second-order valence-corrected chi connectivity index (χ2v) is 4.95. The summed E-state index contributed by atoms with van der Waals surface area (Å²) in [7, 11) is 0. The van der Waals surface area contributed by atoms with Gasteiger partial charge in [-0.3, -0.25) is 0 Å². The normalized spacial score (nSPS) is 12.2. The Balaban J connectivity index is 0.000000374. The molecule has 3 aromatic rings. The fourth-order valence-electron chi connectivity index (χ4n) is 3.19. The number of hydrogen-bond acceptors (Lipinski definition) is 0. The van der Waals surface area contributed by atoms with E-state index in [1.165, 1.54) is 51.9 Å². The van der Waals surface area contributed by atoms with Crippen molar-refractivity contribution in [2.75, 3.05) is 0 Å². The van der Waals surface area contributed by atoms with Crippen LogP contribution < -0.4 is 0 Å². The lowest BCUT2D eigenvalue weighted by atomic mass is 9.95. The standard InChI is InChI=1S/C17H14.2C2H6/c1-4-12-6-2-8-14-10-11-15-9-3-7-13(5-1)17(15)16(12)14;2*1-2/h2-3,6-11H,1,4-5H2;2*1-2H3. The first kappa shape index (κ1) is 15.6. The van der Waals surface area contributed by atoms with Gasteiger partial charge in [0, 0.05) is 0 Å². The minimum Gasteiger partial charge on any atom is -0.0683 e. The quantitative estimate of drug-likeness (QED) is 0.410. The molecule has 0 atom stereocenters. The molecule has 0 saturated carbocycles. The smallest absolute Gasteiger partial charge is 0.00705 e. The first-order valence-electron chi connectivity index (χ1n) is 8.36. The predicted octanol–water partition coefficient (Wildman–Crippen LogP) is 6.53. The molecule has 1 aliphatic carbocycles. The Bertz CT molecular complexity index is 660. The maximum Gasteiger partial charge on any atom is -0.00705 e. The third-order valence-electron chi connectivity index (χ3n) is 3.95. The highest BCUT2D eigenvalue weighted by molar-refractivity contribution is 6.11. The third kappa shape index (κ3) is 2.81. The Hall–Kier alpha value is -1.82. The topological polar surface area (TPSA) is 0 Å². The summed E-state index contributed by atoms with van der Waals surface area (Å²) in [6.07, 6.45) is 3.70. The van der Waals surface area contributed by atoms with Crippen molar-refractivity contribution in [2.24, 2.45) is 0 Å². The fourth-order valence-corrected chi connectivity index (χ4v) is 3.19. The predicted molar refractivity (Wildman–Crippen MR) is 96.2 cm³/mol. The number of rotatable bonds is 0. The Morgan fingerprint density at radius 2 is 1.00 bits per heavy atom. The minimum absolute atomic E-state index is 1.21. The van der Waals surface area contributed by atoms with Crippen LogP contribution >= 0.6 is 0 Å². The number of hydrogen-bond donors (Lipinski definition) is 0. The van der Waals surface area contributed by atoms with E-state index in [1.54, 1.807) is 0 Å². The average Bonchev–Trinajstić information content (AvgIpc) is 2.77. The van der Waals surface area contributed by atoms with Crippen molar-refractivity contribution in [3.8, 4) is 0 Å². The van der Waals surface area contributed by atoms with E-state index < -0.39 is 0 Å². The molecule has 0 saturated heterocycles. The zero-order valence-corrected chi connectivity index (χ0v) is 13.7. The summed E-state index contributed by atoms with van der Waals surface area (Å²) in [5.74, 6) is 0. The van der Waals surface area contributed by atoms with E-state index in [-0.39, 0.29) is 0 Å². The third-order valence-corrected chi connectivity index (χ3v) is 3.95. The van der Waals surface area contributed by atoms with Gasteiger partial charge < -0.3 is 0 Å². The summed E-state index contributed by atoms with van der Waals surface area (Å²) in [5, 5.41) is 5.78. The summed E-state index contributed by atoms with van der Waals surface area (Å²) < 4.78 is 0. The van der Waals surface area contributed by atoms with E-state index in [0.29, 0.717) is 0 Å². The molecule has 0 heteroatoms. The highest BCUT2D eigenvalue weighted by Gasteiger charge is 2.12. The molecule has 0 fully saturated rings. The van der Waals surface area contributed by atoms with Gasteiger partial charge in [-0.05, 0) is 51.9 Å². The summed E-state index contributed by atoms with van der Waals surface area (Å²) in [5.41, 5.74) is 3.05. The molecular formula is C21H26. The molecule has 0 spiro atoms. The number of benzene rings is 3. The van der Waals surface area contributed by atoms with Crippen LogP contribution in [0.15, 0.2) is 48.5 Å². The molecular weight excluding hydrogens is 252 g/mol. The van der Waals surface area contributed by atoms with Crippen LogP contribution in [0.2, 0.25) is 0 Å². The molecule has 110 valence electrons. The van der Waals surface area contributed by atoms with Crippen LogP contribution in [0.3, 0.4) is 0 Å². The van der Waals surface area contributed by atoms with E-state index in [9.17, 15) is 0 Å². The molecule has 0 N–H and O–H groups in total. The molecule has 4 rings (SSSR count). The molecule has 0 nitrogen and oxygen atoms in total. The first-order chi connectivity index (χ1) is 10.4. The van der Waals surface area contributed by atoms with E-state index in [1.807, 2.05) is 27.7 Å². The van der Waals surface area contributed by atoms with Gasteiger partial charge in [0.1, 0.15) is 0 Å². The van der Waals surface area contributed by atoms with Crippen LogP contribution in [-0.4, -0.2) is 0 Å². The SMILES string of the molecule is CC.CC.c1cc2c3c(c1)ccc1cccc(c13)CCC2. The lowest BCUT2D eigenvalue weighted by molar-refractivity contribution is 0.836. The van der Waals surface area contributed by atoms with Crippen molar-refractivity contribution in [3.05, 3.63) is 59.7 Å². The summed E-state index contributed by atoms with van der Waals surface area (Å²) in [6.45, 7) is 8.00.